The van der Waals surface area contributed by atoms with Crippen LogP contribution in [0, 0.1) is 5.82 Å². The van der Waals surface area contributed by atoms with Crippen molar-refractivity contribution in [3.63, 3.8) is 0 Å². The Kier molecular flexibility index (Phi) is 2.94. The van der Waals surface area contributed by atoms with Crippen molar-refractivity contribution in [2.75, 3.05) is 5.73 Å². The molecule has 0 amide bonds. The van der Waals surface area contributed by atoms with Crippen LogP contribution in [0.1, 0.15) is 0 Å². The molecule has 0 saturated carbocycles. The Morgan fingerprint density at radius 3 is 1.81 bits per heavy atom. The third-order valence-electron chi connectivity index (χ3n) is 1.62. The maximum Gasteiger partial charge on any atom is 0.297 e. The van der Waals surface area contributed by atoms with Crippen molar-refractivity contribution < 1.29 is 30.3 Å². The number of anilines is 1. The number of nitrogens with two attached hydrogens (primary N) is 1. The van der Waals surface area contributed by atoms with Gasteiger partial charge in [0.2, 0.25) is 0 Å². The van der Waals surface area contributed by atoms with Gasteiger partial charge in [-0.2, -0.15) is 16.8 Å². The first-order chi connectivity index (χ1) is 7.03. The largest absolute Gasteiger partial charge is 0.398 e. The molecule has 0 aromatic heterocycles. The molecule has 0 spiro atoms. The molecule has 0 fully saturated rings. The Bertz CT molecular complexity index is 582. The van der Waals surface area contributed by atoms with Gasteiger partial charge in [-0.25, -0.2) is 4.39 Å². The summed E-state index contributed by atoms with van der Waals surface area (Å²) in [5.41, 5.74) is 4.39. The fraction of sp³-hybridized carbons (Fsp3) is 0. The second-order valence-electron chi connectivity index (χ2n) is 2.77. The molecule has 1 aromatic rings. The number of hydrogen-bond donors (Lipinski definition) is 3. The molecule has 0 atom stereocenters. The second kappa shape index (κ2) is 3.66. The van der Waals surface area contributed by atoms with Gasteiger partial charge in [0.15, 0.2) is 0 Å². The molecule has 0 heterocycles. The normalized spacial score (nSPS) is 12.7. The highest BCUT2D eigenvalue weighted by Crippen LogP contribution is 2.25. The summed E-state index contributed by atoms with van der Waals surface area (Å²) in [5.74, 6) is -1.42. The van der Waals surface area contributed by atoms with Crippen molar-refractivity contribution in [2.45, 2.75) is 9.79 Å². The van der Waals surface area contributed by atoms with E-state index in [1.807, 2.05) is 0 Å². The van der Waals surface area contributed by atoms with Gasteiger partial charge in [-0.05, 0) is 12.1 Å². The van der Waals surface area contributed by atoms with E-state index in [1.165, 1.54) is 0 Å². The molecule has 4 N–H and O–H groups in total. The van der Waals surface area contributed by atoms with Crippen molar-refractivity contribution in [2.24, 2.45) is 0 Å². The van der Waals surface area contributed by atoms with Gasteiger partial charge in [-0.1, -0.05) is 0 Å². The van der Waals surface area contributed by atoms with Gasteiger partial charge in [0, 0.05) is 0 Å². The van der Waals surface area contributed by atoms with Crippen molar-refractivity contribution in [1.82, 2.24) is 0 Å². The van der Waals surface area contributed by atoms with Gasteiger partial charge in [0.25, 0.3) is 20.2 Å². The minimum Gasteiger partial charge on any atom is -0.398 e. The Morgan fingerprint density at radius 1 is 1.00 bits per heavy atom. The monoisotopic (exact) mass is 271 g/mol. The van der Waals surface area contributed by atoms with E-state index in [-0.39, 0.29) is 6.07 Å². The molecule has 0 unspecified atom stereocenters. The lowest BCUT2D eigenvalue weighted by atomic mass is 10.3. The van der Waals surface area contributed by atoms with Crippen molar-refractivity contribution in [1.29, 1.82) is 0 Å². The minimum atomic E-state index is -4.94. The summed E-state index contributed by atoms with van der Waals surface area (Å²) in [6, 6.07) is 0.599. The molecule has 1 aromatic carbocycles. The molecular formula is C6H6FNO6S2. The van der Waals surface area contributed by atoms with Crippen LogP contribution in [-0.4, -0.2) is 25.9 Å². The van der Waals surface area contributed by atoms with Crippen molar-refractivity contribution >= 4 is 25.9 Å². The zero-order valence-corrected chi connectivity index (χ0v) is 9.09. The van der Waals surface area contributed by atoms with Gasteiger partial charge < -0.3 is 5.73 Å². The lowest BCUT2D eigenvalue weighted by molar-refractivity contribution is 0.472. The maximum absolute atomic E-state index is 13.0. The van der Waals surface area contributed by atoms with E-state index in [0.717, 1.165) is 0 Å². The molecule has 0 bridgehead atoms. The van der Waals surface area contributed by atoms with Crippen LogP contribution in [0.5, 0.6) is 0 Å². The Balaban J connectivity index is 3.72. The first-order valence-electron chi connectivity index (χ1n) is 3.57. The molecule has 0 aliphatic rings. The zero-order valence-electron chi connectivity index (χ0n) is 7.45. The molecule has 0 aliphatic carbocycles. The van der Waals surface area contributed by atoms with Gasteiger partial charge in [0.1, 0.15) is 15.6 Å². The fourth-order valence-electron chi connectivity index (χ4n) is 0.971. The standard InChI is InChI=1S/C6H6FNO6S2/c7-3-1-4(8)6(16(12,13)14)2-5(3)15(9,10)11/h1-2H,8H2,(H,9,10,11)(H,12,13,14). The zero-order chi connectivity index (χ0) is 12.7. The molecule has 16 heavy (non-hydrogen) atoms. The summed E-state index contributed by atoms with van der Waals surface area (Å²) in [7, 11) is -9.74. The predicted molar refractivity (Wildman–Crippen MR) is 50.4 cm³/mol. The summed E-state index contributed by atoms with van der Waals surface area (Å²) in [5, 5.41) is 0. The third-order valence-corrected chi connectivity index (χ3v) is 3.40. The van der Waals surface area contributed by atoms with E-state index in [4.69, 9.17) is 14.8 Å². The van der Waals surface area contributed by atoms with E-state index >= 15 is 0 Å². The molecule has 10 heteroatoms. The molecule has 0 saturated heterocycles. The number of rotatable bonds is 2. The summed E-state index contributed by atoms with van der Waals surface area (Å²) < 4.78 is 73.0. The van der Waals surface area contributed by atoms with Gasteiger partial charge in [-0.3, -0.25) is 9.11 Å². The number of hydrogen-bond acceptors (Lipinski definition) is 5. The first-order valence-corrected chi connectivity index (χ1v) is 6.45. The molecule has 90 valence electrons. The average Bonchev–Trinajstić information content (AvgIpc) is 1.97. The first kappa shape index (κ1) is 12.8. The number of nitrogen functional groups attached to an aromatic ring is 1. The Labute approximate surface area is 90.2 Å². The SMILES string of the molecule is Nc1cc(F)c(S(=O)(=O)O)cc1S(=O)(=O)O. The molecule has 7 nitrogen and oxygen atoms in total. The Hall–Kier alpha value is -1.23. The number of halogens is 1. The second-order valence-corrected chi connectivity index (χ2v) is 5.55. The summed E-state index contributed by atoms with van der Waals surface area (Å²) in [6.45, 7) is 0. The van der Waals surface area contributed by atoms with E-state index in [9.17, 15) is 21.2 Å². The maximum atomic E-state index is 13.0. The van der Waals surface area contributed by atoms with E-state index in [2.05, 4.69) is 0 Å². The minimum absolute atomic E-state index is 0.231. The summed E-state index contributed by atoms with van der Waals surface area (Å²) in [4.78, 5) is -2.28. The van der Waals surface area contributed by atoms with E-state index < -0.39 is 41.5 Å². The predicted octanol–water partition coefficient (Wildman–Crippen LogP) is -0.0987. The molecule has 1 rings (SSSR count). The van der Waals surface area contributed by atoms with Gasteiger partial charge in [0.05, 0.1) is 5.69 Å². The summed E-state index contributed by atoms with van der Waals surface area (Å²) in [6.07, 6.45) is 0. The van der Waals surface area contributed by atoms with Crippen LogP contribution < -0.4 is 5.73 Å². The Morgan fingerprint density at radius 2 is 1.44 bits per heavy atom. The topological polar surface area (TPSA) is 135 Å². The van der Waals surface area contributed by atoms with Crippen LogP contribution in [0.2, 0.25) is 0 Å². The third kappa shape index (κ3) is 2.47. The lowest BCUT2D eigenvalue weighted by Gasteiger charge is -2.05. The van der Waals surface area contributed by atoms with Crippen LogP contribution in [0.25, 0.3) is 0 Å². The highest BCUT2D eigenvalue weighted by Gasteiger charge is 2.23. The van der Waals surface area contributed by atoms with E-state index in [0.29, 0.717) is 6.07 Å². The molecular weight excluding hydrogens is 265 g/mol. The van der Waals surface area contributed by atoms with Crippen LogP contribution in [0.3, 0.4) is 0 Å². The van der Waals surface area contributed by atoms with Crippen LogP contribution in [0.15, 0.2) is 21.9 Å². The molecule has 0 aliphatic heterocycles. The average molecular weight is 271 g/mol. The fourth-order valence-corrected chi connectivity index (χ4v) is 2.24. The number of benzene rings is 1. The van der Waals surface area contributed by atoms with E-state index in [1.54, 1.807) is 0 Å². The molecule has 0 radical (unpaired) electrons. The highest BCUT2D eigenvalue weighted by molar-refractivity contribution is 7.86. The van der Waals surface area contributed by atoms with Gasteiger partial charge >= 0.3 is 0 Å². The van der Waals surface area contributed by atoms with Gasteiger partial charge in [-0.15, -0.1) is 0 Å². The van der Waals surface area contributed by atoms with Crippen molar-refractivity contribution in [3.8, 4) is 0 Å². The van der Waals surface area contributed by atoms with Crippen LogP contribution in [-0.2, 0) is 20.2 Å². The lowest BCUT2D eigenvalue weighted by Crippen LogP contribution is -2.08. The van der Waals surface area contributed by atoms with Crippen LogP contribution >= 0.6 is 0 Å². The highest BCUT2D eigenvalue weighted by atomic mass is 32.2. The van der Waals surface area contributed by atoms with Crippen LogP contribution in [0.4, 0.5) is 10.1 Å². The summed E-state index contributed by atoms with van der Waals surface area (Å²) >= 11 is 0. The quantitative estimate of drug-likeness (QED) is 0.505. The van der Waals surface area contributed by atoms with Crippen molar-refractivity contribution in [3.05, 3.63) is 17.9 Å². The smallest absolute Gasteiger partial charge is 0.297 e.